The van der Waals surface area contributed by atoms with Crippen molar-refractivity contribution in [1.29, 1.82) is 0 Å². The van der Waals surface area contributed by atoms with Crippen molar-refractivity contribution < 1.29 is 9.59 Å². The first kappa shape index (κ1) is 20.8. The van der Waals surface area contributed by atoms with Gasteiger partial charge in [0.1, 0.15) is 0 Å². The van der Waals surface area contributed by atoms with E-state index in [4.69, 9.17) is 5.73 Å². The fourth-order valence-corrected chi connectivity index (χ4v) is 3.41. The Bertz CT molecular complexity index is 575. The van der Waals surface area contributed by atoms with Crippen LogP contribution in [0.5, 0.6) is 0 Å². The lowest BCUT2D eigenvalue weighted by Crippen LogP contribution is -2.38. The highest BCUT2D eigenvalue weighted by Crippen LogP contribution is 2.22. The van der Waals surface area contributed by atoms with Gasteiger partial charge in [-0.1, -0.05) is 6.07 Å². The summed E-state index contributed by atoms with van der Waals surface area (Å²) >= 11 is 1.87. The highest BCUT2D eigenvalue weighted by molar-refractivity contribution is 7.99. The molecule has 0 aromatic heterocycles. The Hall–Kier alpha value is -1.24. The molecule has 5 nitrogen and oxygen atoms in total. The second-order valence-electron chi connectivity index (χ2n) is 5.95. The molecule has 1 aliphatic heterocycles. The van der Waals surface area contributed by atoms with Crippen LogP contribution in [0.4, 0.5) is 5.69 Å². The first-order chi connectivity index (χ1) is 11.0. The summed E-state index contributed by atoms with van der Waals surface area (Å²) < 4.78 is 0. The zero-order valence-corrected chi connectivity index (χ0v) is 15.8. The van der Waals surface area contributed by atoms with Crippen LogP contribution in [0.25, 0.3) is 0 Å². The normalized spacial score (nSPS) is 15.4. The number of hydrogen-bond donors (Lipinski definition) is 2. The summed E-state index contributed by atoms with van der Waals surface area (Å²) in [5.41, 5.74) is 7.88. The molecule has 3 N–H and O–H groups in total. The van der Waals surface area contributed by atoms with Gasteiger partial charge < -0.3 is 16.0 Å². The molecule has 1 fully saturated rings. The molecule has 134 valence electrons. The van der Waals surface area contributed by atoms with E-state index in [0.717, 1.165) is 30.2 Å². The first-order valence-corrected chi connectivity index (χ1v) is 9.16. The summed E-state index contributed by atoms with van der Waals surface area (Å²) in [4.78, 5) is 26.5. The largest absolute Gasteiger partial charge is 0.337 e. The molecule has 1 aromatic rings. The van der Waals surface area contributed by atoms with Gasteiger partial charge >= 0.3 is 0 Å². The summed E-state index contributed by atoms with van der Waals surface area (Å²) in [5.74, 6) is 1.95. The Morgan fingerprint density at radius 2 is 2.00 bits per heavy atom. The summed E-state index contributed by atoms with van der Waals surface area (Å²) in [6.45, 7) is 5.34. The van der Waals surface area contributed by atoms with Gasteiger partial charge in [0.2, 0.25) is 5.91 Å². The van der Waals surface area contributed by atoms with E-state index in [2.05, 4.69) is 5.32 Å². The molecule has 0 saturated carbocycles. The maximum Gasteiger partial charge on any atom is 0.254 e. The molecule has 0 spiro atoms. The molecule has 7 heteroatoms. The molecule has 1 aliphatic rings. The van der Waals surface area contributed by atoms with Gasteiger partial charge in [0.25, 0.3) is 5.91 Å². The summed E-state index contributed by atoms with van der Waals surface area (Å²) in [6, 6.07) is 5.49. The molecule has 2 rings (SSSR count). The number of amides is 2. The number of thioether (sulfide) groups is 1. The lowest BCUT2D eigenvalue weighted by molar-refractivity contribution is -0.116. The Balaban J connectivity index is 0.00000288. The fourth-order valence-electron chi connectivity index (χ4n) is 2.51. The molecule has 24 heavy (non-hydrogen) atoms. The molecule has 1 atom stereocenters. The molecule has 1 aromatic carbocycles. The van der Waals surface area contributed by atoms with Gasteiger partial charge in [0, 0.05) is 48.3 Å². The van der Waals surface area contributed by atoms with Crippen LogP contribution in [-0.2, 0) is 4.79 Å². The molecule has 0 bridgehead atoms. The van der Waals surface area contributed by atoms with Crippen molar-refractivity contribution in [2.45, 2.75) is 32.7 Å². The second-order valence-corrected chi connectivity index (χ2v) is 7.17. The Labute approximate surface area is 154 Å². The zero-order chi connectivity index (χ0) is 16.8. The number of nitrogens with one attached hydrogen (secondary N) is 1. The summed E-state index contributed by atoms with van der Waals surface area (Å²) in [5, 5.41) is 2.89. The van der Waals surface area contributed by atoms with E-state index in [-0.39, 0.29) is 30.3 Å². The smallest absolute Gasteiger partial charge is 0.254 e. The van der Waals surface area contributed by atoms with Crippen molar-refractivity contribution in [2.75, 3.05) is 29.9 Å². The third-order valence-electron chi connectivity index (χ3n) is 3.96. The molecule has 0 radical (unpaired) electrons. The van der Waals surface area contributed by atoms with Gasteiger partial charge in [-0.15, -0.1) is 12.4 Å². The van der Waals surface area contributed by atoms with Gasteiger partial charge in [0.05, 0.1) is 0 Å². The van der Waals surface area contributed by atoms with E-state index in [1.807, 2.05) is 48.7 Å². The predicted molar refractivity (Wildman–Crippen MR) is 103 cm³/mol. The molecular weight excluding hydrogens is 346 g/mol. The van der Waals surface area contributed by atoms with Crippen molar-refractivity contribution in [2.24, 2.45) is 5.73 Å². The maximum atomic E-state index is 12.7. The van der Waals surface area contributed by atoms with E-state index < -0.39 is 0 Å². The minimum absolute atomic E-state index is 0. The average Bonchev–Trinajstić information content (AvgIpc) is 2.55. The van der Waals surface area contributed by atoms with Gasteiger partial charge in [-0.25, -0.2) is 0 Å². The molecule has 1 saturated heterocycles. The van der Waals surface area contributed by atoms with Crippen molar-refractivity contribution in [3.05, 3.63) is 29.3 Å². The lowest BCUT2D eigenvalue weighted by Gasteiger charge is -2.27. The maximum absolute atomic E-state index is 12.7. The van der Waals surface area contributed by atoms with E-state index in [9.17, 15) is 9.59 Å². The Morgan fingerprint density at radius 1 is 1.33 bits per heavy atom. The van der Waals surface area contributed by atoms with Gasteiger partial charge in [-0.05, 0) is 38.0 Å². The quantitative estimate of drug-likeness (QED) is 0.834. The van der Waals surface area contributed by atoms with Crippen LogP contribution in [0.2, 0.25) is 0 Å². The molecule has 0 aliphatic carbocycles. The third kappa shape index (κ3) is 5.69. The average molecular weight is 372 g/mol. The number of carbonyl (C=O) groups excluding carboxylic acids is 2. The van der Waals surface area contributed by atoms with E-state index in [1.54, 1.807) is 0 Å². The number of halogens is 1. The number of nitrogens with zero attached hydrogens (tertiary/aromatic N) is 1. The number of rotatable bonds is 5. The topological polar surface area (TPSA) is 75.4 Å². The van der Waals surface area contributed by atoms with Crippen LogP contribution in [0, 0.1) is 6.92 Å². The standard InChI is InChI=1S/C17H25N3O2S.ClH/c1-12(18)6-7-16(21)19-15-5-3-4-14(13(15)2)17(22)20-8-10-23-11-9-20;/h3-5,12H,6-11,18H2,1-2H3,(H,19,21);1H. The zero-order valence-electron chi connectivity index (χ0n) is 14.2. The molecule has 1 unspecified atom stereocenters. The van der Waals surface area contributed by atoms with Gasteiger partial charge in [0.15, 0.2) is 0 Å². The highest BCUT2D eigenvalue weighted by atomic mass is 35.5. The SMILES string of the molecule is Cc1c(NC(=O)CCC(C)N)cccc1C(=O)N1CCSCC1.Cl. The second kappa shape index (κ2) is 9.91. The molecule has 1 heterocycles. The third-order valence-corrected chi connectivity index (χ3v) is 4.91. The van der Waals surface area contributed by atoms with Crippen LogP contribution in [-0.4, -0.2) is 47.4 Å². The van der Waals surface area contributed by atoms with Gasteiger partial charge in [-0.2, -0.15) is 11.8 Å². The summed E-state index contributed by atoms with van der Waals surface area (Å²) in [7, 11) is 0. The van der Waals surface area contributed by atoms with Crippen LogP contribution in [0.3, 0.4) is 0 Å². The van der Waals surface area contributed by atoms with Gasteiger partial charge in [-0.3, -0.25) is 9.59 Å². The molecule has 2 amide bonds. The number of anilines is 1. The minimum atomic E-state index is -0.0654. The van der Waals surface area contributed by atoms with Crippen molar-refractivity contribution in [3.8, 4) is 0 Å². The minimum Gasteiger partial charge on any atom is -0.337 e. The van der Waals surface area contributed by atoms with Crippen molar-refractivity contribution in [3.63, 3.8) is 0 Å². The highest BCUT2D eigenvalue weighted by Gasteiger charge is 2.21. The van der Waals surface area contributed by atoms with Crippen LogP contribution in [0.1, 0.15) is 35.7 Å². The fraction of sp³-hybridized carbons (Fsp3) is 0.529. The lowest BCUT2D eigenvalue weighted by atomic mass is 10.0. The van der Waals surface area contributed by atoms with Crippen LogP contribution < -0.4 is 11.1 Å². The van der Waals surface area contributed by atoms with E-state index in [0.29, 0.717) is 24.1 Å². The van der Waals surface area contributed by atoms with Crippen LogP contribution >= 0.6 is 24.2 Å². The Morgan fingerprint density at radius 3 is 2.62 bits per heavy atom. The van der Waals surface area contributed by atoms with Crippen molar-refractivity contribution in [1.82, 2.24) is 4.90 Å². The van der Waals surface area contributed by atoms with Crippen molar-refractivity contribution >= 4 is 41.7 Å². The number of hydrogen-bond acceptors (Lipinski definition) is 4. The monoisotopic (exact) mass is 371 g/mol. The Kier molecular flexibility index (Phi) is 8.59. The number of carbonyl (C=O) groups is 2. The van der Waals surface area contributed by atoms with E-state index >= 15 is 0 Å². The number of benzene rings is 1. The molecular formula is C17H26ClN3O2S. The number of nitrogens with two attached hydrogens (primary N) is 1. The van der Waals surface area contributed by atoms with E-state index in [1.165, 1.54) is 0 Å². The predicted octanol–water partition coefficient (Wildman–Crippen LogP) is 2.67. The van der Waals surface area contributed by atoms with Crippen LogP contribution in [0.15, 0.2) is 18.2 Å². The first-order valence-electron chi connectivity index (χ1n) is 8.01. The summed E-state index contributed by atoms with van der Waals surface area (Å²) in [6.07, 6.45) is 1.04.